The molecular weight excluding hydrogens is 301 g/mol. The van der Waals surface area contributed by atoms with Crippen LogP contribution < -0.4 is 5.56 Å². The zero-order valence-electron chi connectivity index (χ0n) is 13.2. The van der Waals surface area contributed by atoms with E-state index in [-0.39, 0.29) is 17.9 Å². The molecule has 2 aromatic rings. The molecule has 23 heavy (non-hydrogen) atoms. The average molecular weight is 319 g/mol. The van der Waals surface area contributed by atoms with Crippen LogP contribution in [0.2, 0.25) is 0 Å². The van der Waals surface area contributed by atoms with Crippen LogP contribution >= 0.6 is 0 Å². The number of aliphatic hydroxyl groups is 1. The molecule has 2 rings (SSSR count). The second-order valence-corrected chi connectivity index (χ2v) is 5.89. The van der Waals surface area contributed by atoms with E-state index in [4.69, 9.17) is 0 Å². The van der Waals surface area contributed by atoms with Crippen LogP contribution in [0.4, 0.5) is 4.39 Å². The van der Waals surface area contributed by atoms with Gasteiger partial charge in [-0.05, 0) is 32.0 Å². The lowest BCUT2D eigenvalue weighted by Gasteiger charge is -2.25. The standard InChI is InChI=1S/C16H18FN3O3/c1-16(2,23)10-19(3)15(22)12-8-9-14(21)20(18-12)13-7-5-4-6-11(13)17/h4-9,23H,10H2,1-3H3. The Morgan fingerprint density at radius 3 is 2.57 bits per heavy atom. The van der Waals surface area contributed by atoms with E-state index in [0.717, 1.165) is 10.7 Å². The molecule has 1 aromatic carbocycles. The molecule has 0 aliphatic heterocycles. The second kappa shape index (κ2) is 6.29. The monoisotopic (exact) mass is 319 g/mol. The highest BCUT2D eigenvalue weighted by atomic mass is 19.1. The highest BCUT2D eigenvalue weighted by molar-refractivity contribution is 5.92. The molecule has 0 atom stereocenters. The predicted octanol–water partition coefficient (Wildman–Crippen LogP) is 1.21. The first kappa shape index (κ1) is 16.8. The van der Waals surface area contributed by atoms with Gasteiger partial charge in [-0.3, -0.25) is 9.59 Å². The lowest BCUT2D eigenvalue weighted by molar-refractivity contribution is 0.0364. The van der Waals surface area contributed by atoms with Crippen LogP contribution in [0.5, 0.6) is 0 Å². The summed E-state index contributed by atoms with van der Waals surface area (Å²) in [6.07, 6.45) is 0. The summed E-state index contributed by atoms with van der Waals surface area (Å²) >= 11 is 0. The molecule has 0 radical (unpaired) electrons. The first-order valence-electron chi connectivity index (χ1n) is 7.02. The van der Waals surface area contributed by atoms with Gasteiger partial charge in [0.1, 0.15) is 17.2 Å². The smallest absolute Gasteiger partial charge is 0.274 e. The van der Waals surface area contributed by atoms with Crippen LogP contribution in [0.25, 0.3) is 5.69 Å². The summed E-state index contributed by atoms with van der Waals surface area (Å²) in [4.78, 5) is 25.5. The van der Waals surface area contributed by atoms with Gasteiger partial charge in [-0.15, -0.1) is 0 Å². The number of hydrogen-bond donors (Lipinski definition) is 1. The number of rotatable bonds is 4. The van der Waals surface area contributed by atoms with Crippen molar-refractivity contribution in [3.63, 3.8) is 0 Å². The van der Waals surface area contributed by atoms with Crippen molar-refractivity contribution in [3.8, 4) is 5.69 Å². The maximum atomic E-state index is 13.8. The third kappa shape index (κ3) is 4.01. The Morgan fingerprint density at radius 2 is 1.96 bits per heavy atom. The normalized spacial score (nSPS) is 11.3. The van der Waals surface area contributed by atoms with Gasteiger partial charge in [0, 0.05) is 19.7 Å². The van der Waals surface area contributed by atoms with Crippen molar-refractivity contribution in [3.05, 3.63) is 58.3 Å². The van der Waals surface area contributed by atoms with Crippen molar-refractivity contribution in [2.45, 2.75) is 19.4 Å². The fourth-order valence-electron chi connectivity index (χ4n) is 2.17. The van der Waals surface area contributed by atoms with Crippen LogP contribution in [0, 0.1) is 5.82 Å². The molecule has 6 nitrogen and oxygen atoms in total. The van der Waals surface area contributed by atoms with Gasteiger partial charge >= 0.3 is 0 Å². The first-order chi connectivity index (χ1) is 10.7. The van der Waals surface area contributed by atoms with Gasteiger partial charge in [0.05, 0.1) is 5.60 Å². The molecule has 0 aliphatic rings. The lowest BCUT2D eigenvalue weighted by atomic mass is 10.1. The molecule has 0 fully saturated rings. The number of carbonyl (C=O) groups is 1. The fourth-order valence-corrected chi connectivity index (χ4v) is 2.17. The largest absolute Gasteiger partial charge is 0.389 e. The Labute approximate surface area is 132 Å². The van der Waals surface area contributed by atoms with Crippen molar-refractivity contribution in [1.82, 2.24) is 14.7 Å². The number of para-hydroxylation sites is 1. The van der Waals surface area contributed by atoms with Crippen LogP contribution in [0.1, 0.15) is 24.3 Å². The zero-order valence-corrected chi connectivity index (χ0v) is 13.2. The predicted molar refractivity (Wildman–Crippen MR) is 83.1 cm³/mol. The Hall–Kier alpha value is -2.54. The Kier molecular flexibility index (Phi) is 4.60. The zero-order chi connectivity index (χ0) is 17.2. The van der Waals surface area contributed by atoms with E-state index in [9.17, 15) is 19.1 Å². The third-order valence-corrected chi connectivity index (χ3v) is 3.07. The van der Waals surface area contributed by atoms with E-state index in [2.05, 4.69) is 5.10 Å². The average Bonchev–Trinajstić information content (AvgIpc) is 2.46. The molecule has 0 bridgehead atoms. The molecule has 122 valence electrons. The van der Waals surface area contributed by atoms with Gasteiger partial charge in [-0.1, -0.05) is 12.1 Å². The Morgan fingerprint density at radius 1 is 1.30 bits per heavy atom. The van der Waals surface area contributed by atoms with Crippen molar-refractivity contribution in [2.75, 3.05) is 13.6 Å². The van der Waals surface area contributed by atoms with Crippen LogP contribution in [-0.4, -0.2) is 44.9 Å². The van der Waals surface area contributed by atoms with Crippen molar-refractivity contribution >= 4 is 5.91 Å². The van der Waals surface area contributed by atoms with Gasteiger partial charge in [-0.25, -0.2) is 4.39 Å². The molecule has 1 heterocycles. The maximum Gasteiger partial charge on any atom is 0.274 e. The van der Waals surface area contributed by atoms with Gasteiger partial charge in [0.15, 0.2) is 0 Å². The highest BCUT2D eigenvalue weighted by Crippen LogP contribution is 2.11. The van der Waals surface area contributed by atoms with Gasteiger partial charge < -0.3 is 10.0 Å². The quantitative estimate of drug-likeness (QED) is 0.919. The van der Waals surface area contributed by atoms with Crippen molar-refractivity contribution < 1.29 is 14.3 Å². The summed E-state index contributed by atoms with van der Waals surface area (Å²) in [5.74, 6) is -1.09. The molecular formula is C16H18FN3O3. The third-order valence-electron chi connectivity index (χ3n) is 3.07. The summed E-state index contributed by atoms with van der Waals surface area (Å²) in [5, 5.41) is 13.7. The minimum absolute atomic E-state index is 0.0143. The highest BCUT2D eigenvalue weighted by Gasteiger charge is 2.22. The number of hydrogen-bond acceptors (Lipinski definition) is 4. The number of amides is 1. The van der Waals surface area contributed by atoms with E-state index in [0.29, 0.717) is 0 Å². The molecule has 0 unspecified atom stereocenters. The SMILES string of the molecule is CN(CC(C)(C)O)C(=O)c1ccc(=O)n(-c2ccccc2F)n1. The second-order valence-electron chi connectivity index (χ2n) is 5.89. The van der Waals surface area contributed by atoms with E-state index in [1.165, 1.54) is 36.2 Å². The number of nitrogens with zero attached hydrogens (tertiary/aromatic N) is 3. The van der Waals surface area contributed by atoms with E-state index >= 15 is 0 Å². The minimum Gasteiger partial charge on any atom is -0.389 e. The minimum atomic E-state index is -1.07. The molecule has 0 saturated carbocycles. The van der Waals surface area contributed by atoms with E-state index < -0.39 is 22.9 Å². The summed E-state index contributed by atoms with van der Waals surface area (Å²) in [7, 11) is 1.51. The van der Waals surface area contributed by atoms with Crippen LogP contribution in [0.15, 0.2) is 41.2 Å². The fraction of sp³-hybridized carbons (Fsp3) is 0.312. The van der Waals surface area contributed by atoms with Gasteiger partial charge in [0.25, 0.3) is 11.5 Å². The Bertz CT molecular complexity index is 781. The summed E-state index contributed by atoms with van der Waals surface area (Å²) in [6.45, 7) is 3.24. The summed E-state index contributed by atoms with van der Waals surface area (Å²) in [5.41, 5.74) is -1.65. The van der Waals surface area contributed by atoms with Gasteiger partial charge in [-0.2, -0.15) is 9.78 Å². The number of aromatic nitrogens is 2. The molecule has 1 amide bonds. The van der Waals surface area contributed by atoms with Crippen LogP contribution in [0.3, 0.4) is 0 Å². The van der Waals surface area contributed by atoms with Crippen molar-refractivity contribution in [2.24, 2.45) is 0 Å². The molecule has 0 aliphatic carbocycles. The van der Waals surface area contributed by atoms with Gasteiger partial charge in [0.2, 0.25) is 0 Å². The molecule has 1 aromatic heterocycles. The first-order valence-corrected chi connectivity index (χ1v) is 7.02. The van der Waals surface area contributed by atoms with E-state index in [1.54, 1.807) is 19.9 Å². The number of benzene rings is 1. The topological polar surface area (TPSA) is 75.4 Å². The van der Waals surface area contributed by atoms with E-state index in [1.807, 2.05) is 0 Å². The molecule has 0 saturated heterocycles. The number of likely N-dealkylation sites (N-methyl/N-ethyl adjacent to an activating group) is 1. The molecule has 1 N–H and O–H groups in total. The number of carbonyl (C=O) groups excluding carboxylic acids is 1. The summed E-state index contributed by atoms with van der Waals surface area (Å²) in [6, 6.07) is 8.11. The van der Waals surface area contributed by atoms with Crippen molar-refractivity contribution in [1.29, 1.82) is 0 Å². The van der Waals surface area contributed by atoms with Crippen LogP contribution in [-0.2, 0) is 0 Å². The number of halogens is 1. The molecule has 7 heteroatoms. The molecule has 0 spiro atoms. The maximum absolute atomic E-state index is 13.8. The summed E-state index contributed by atoms with van der Waals surface area (Å²) < 4.78 is 14.7. The Balaban J connectivity index is 2.40. The lowest BCUT2D eigenvalue weighted by Crippen LogP contribution is -2.40.